The average Bonchev–Trinajstić information content (AvgIpc) is 3.04. The Morgan fingerprint density at radius 1 is 1.29 bits per heavy atom. The predicted molar refractivity (Wildman–Crippen MR) is 78.6 cm³/mol. The zero-order valence-electron chi connectivity index (χ0n) is 11.7. The second-order valence-corrected chi connectivity index (χ2v) is 5.01. The summed E-state index contributed by atoms with van der Waals surface area (Å²) >= 11 is 6.07. The molecule has 0 N–H and O–H groups in total. The van der Waals surface area contributed by atoms with E-state index >= 15 is 0 Å². The zero-order valence-corrected chi connectivity index (χ0v) is 12.4. The number of halogens is 1. The molecular weight excluding hydrogens is 290 g/mol. The van der Waals surface area contributed by atoms with Gasteiger partial charge in [0.1, 0.15) is 24.5 Å². The number of benzene rings is 1. The fraction of sp³-hybridized carbons (Fsp3) is 0.214. The first-order chi connectivity index (χ1) is 10.1. The lowest BCUT2D eigenvalue weighted by Gasteiger charge is -2.09. The number of aryl methyl sites for hydroxylation is 2. The van der Waals surface area contributed by atoms with Crippen molar-refractivity contribution in [3.8, 4) is 11.6 Å². The molecule has 0 radical (unpaired) electrons. The molecule has 108 valence electrons. The molecule has 0 unspecified atom stereocenters. The molecule has 21 heavy (non-hydrogen) atoms. The quantitative estimate of drug-likeness (QED) is 0.743. The molecule has 0 aliphatic rings. The summed E-state index contributed by atoms with van der Waals surface area (Å²) in [7, 11) is 1.88. The molecule has 7 heteroatoms. The van der Waals surface area contributed by atoms with Gasteiger partial charge in [-0.05, 0) is 19.1 Å². The average molecular weight is 304 g/mol. The molecule has 0 amide bonds. The van der Waals surface area contributed by atoms with Crippen LogP contribution >= 0.6 is 11.6 Å². The lowest BCUT2D eigenvalue weighted by Crippen LogP contribution is -2.08. The van der Waals surface area contributed by atoms with E-state index in [1.807, 2.05) is 42.8 Å². The number of para-hydroxylation sites is 1. The third-order valence-corrected chi connectivity index (χ3v) is 3.35. The van der Waals surface area contributed by atoms with Crippen LogP contribution in [0.15, 0.2) is 36.7 Å². The minimum atomic E-state index is 0.272. The molecule has 0 spiro atoms. The van der Waals surface area contributed by atoms with Gasteiger partial charge < -0.3 is 4.74 Å². The van der Waals surface area contributed by atoms with Crippen LogP contribution in [0.25, 0.3) is 5.82 Å². The van der Waals surface area contributed by atoms with Crippen LogP contribution in [0.5, 0.6) is 5.75 Å². The molecule has 0 bridgehead atoms. The van der Waals surface area contributed by atoms with Crippen molar-refractivity contribution >= 4 is 11.6 Å². The van der Waals surface area contributed by atoms with Gasteiger partial charge in [-0.15, -0.1) is 10.2 Å². The maximum atomic E-state index is 6.07. The van der Waals surface area contributed by atoms with E-state index in [1.54, 1.807) is 17.1 Å². The molecule has 2 aromatic heterocycles. The number of nitrogens with zero attached hydrogens (tertiary/aromatic N) is 5. The van der Waals surface area contributed by atoms with E-state index in [0.29, 0.717) is 16.6 Å². The van der Waals surface area contributed by atoms with Gasteiger partial charge in [0.05, 0.1) is 10.7 Å². The van der Waals surface area contributed by atoms with Crippen molar-refractivity contribution in [2.24, 2.45) is 7.05 Å². The highest BCUT2D eigenvalue weighted by atomic mass is 35.5. The number of ether oxygens (including phenoxy) is 1. The molecule has 0 saturated heterocycles. The molecule has 0 fully saturated rings. The number of rotatable bonds is 4. The highest BCUT2D eigenvalue weighted by Gasteiger charge is 2.12. The molecule has 0 aliphatic heterocycles. The Balaban J connectivity index is 1.83. The molecule has 0 saturated carbocycles. The normalized spacial score (nSPS) is 10.8. The van der Waals surface area contributed by atoms with Gasteiger partial charge in [0, 0.05) is 13.1 Å². The van der Waals surface area contributed by atoms with Crippen molar-refractivity contribution in [2.75, 3.05) is 0 Å². The molecule has 6 nitrogen and oxygen atoms in total. The standard InChI is InChI=1S/C14H14ClN5O/c1-10-7-14(19(2)18-10)20-9-16-17-13(20)8-21-12-6-4-3-5-11(12)15/h3-7,9H,8H2,1-2H3. The van der Waals surface area contributed by atoms with E-state index in [9.17, 15) is 0 Å². The summed E-state index contributed by atoms with van der Waals surface area (Å²) in [5, 5.41) is 12.9. The zero-order chi connectivity index (χ0) is 14.8. The first-order valence-corrected chi connectivity index (χ1v) is 6.80. The van der Waals surface area contributed by atoms with Crippen LogP contribution < -0.4 is 4.74 Å². The van der Waals surface area contributed by atoms with E-state index in [2.05, 4.69) is 15.3 Å². The fourth-order valence-corrected chi connectivity index (χ4v) is 2.27. The summed E-state index contributed by atoms with van der Waals surface area (Å²) in [5.41, 5.74) is 0.930. The van der Waals surface area contributed by atoms with Crippen molar-refractivity contribution in [1.29, 1.82) is 0 Å². The Hall–Kier alpha value is -2.34. The molecule has 3 aromatic rings. The van der Waals surface area contributed by atoms with Crippen LogP contribution in [-0.4, -0.2) is 24.5 Å². The summed E-state index contributed by atoms with van der Waals surface area (Å²) in [4.78, 5) is 0. The molecule has 3 rings (SSSR count). The maximum Gasteiger partial charge on any atom is 0.176 e. The van der Waals surface area contributed by atoms with Gasteiger partial charge in [-0.2, -0.15) is 5.10 Å². The first-order valence-electron chi connectivity index (χ1n) is 6.42. The highest BCUT2D eigenvalue weighted by Crippen LogP contribution is 2.24. The van der Waals surface area contributed by atoms with Gasteiger partial charge in [-0.3, -0.25) is 9.25 Å². The second kappa shape index (κ2) is 5.57. The third-order valence-electron chi connectivity index (χ3n) is 3.04. The van der Waals surface area contributed by atoms with Crippen LogP contribution in [0.1, 0.15) is 11.5 Å². The molecular formula is C14H14ClN5O. The summed E-state index contributed by atoms with van der Waals surface area (Å²) in [6, 6.07) is 9.29. The van der Waals surface area contributed by atoms with E-state index in [4.69, 9.17) is 16.3 Å². The minimum absolute atomic E-state index is 0.272. The lowest BCUT2D eigenvalue weighted by molar-refractivity contribution is 0.293. The van der Waals surface area contributed by atoms with Gasteiger partial charge in [-0.1, -0.05) is 23.7 Å². The van der Waals surface area contributed by atoms with E-state index in [0.717, 1.165) is 11.5 Å². The van der Waals surface area contributed by atoms with E-state index in [1.165, 1.54) is 0 Å². The monoisotopic (exact) mass is 303 g/mol. The van der Waals surface area contributed by atoms with Crippen molar-refractivity contribution in [3.05, 3.63) is 53.2 Å². The minimum Gasteiger partial charge on any atom is -0.484 e. The number of hydrogen-bond acceptors (Lipinski definition) is 4. The Labute approximate surface area is 126 Å². The summed E-state index contributed by atoms with van der Waals surface area (Å²) in [6.45, 7) is 2.21. The van der Waals surface area contributed by atoms with Crippen molar-refractivity contribution in [3.63, 3.8) is 0 Å². The molecule has 0 aliphatic carbocycles. The molecule has 2 heterocycles. The van der Waals surface area contributed by atoms with Crippen molar-refractivity contribution in [1.82, 2.24) is 24.5 Å². The van der Waals surface area contributed by atoms with Gasteiger partial charge in [0.2, 0.25) is 0 Å². The smallest absolute Gasteiger partial charge is 0.176 e. The Morgan fingerprint density at radius 2 is 2.10 bits per heavy atom. The van der Waals surface area contributed by atoms with Gasteiger partial charge in [0.25, 0.3) is 0 Å². The van der Waals surface area contributed by atoms with Crippen molar-refractivity contribution < 1.29 is 4.74 Å². The maximum absolute atomic E-state index is 6.07. The van der Waals surface area contributed by atoms with Gasteiger partial charge in [0.15, 0.2) is 5.82 Å². The first kappa shape index (κ1) is 13.6. The third kappa shape index (κ3) is 2.75. The molecule has 1 aromatic carbocycles. The predicted octanol–water partition coefficient (Wildman–Crippen LogP) is 2.54. The topological polar surface area (TPSA) is 57.8 Å². The highest BCUT2D eigenvalue weighted by molar-refractivity contribution is 6.32. The summed E-state index contributed by atoms with van der Waals surface area (Å²) in [6.07, 6.45) is 1.64. The lowest BCUT2D eigenvalue weighted by atomic mass is 10.3. The van der Waals surface area contributed by atoms with Crippen LogP contribution in [0.2, 0.25) is 5.02 Å². The van der Waals surface area contributed by atoms with Crippen LogP contribution in [0.4, 0.5) is 0 Å². The van der Waals surface area contributed by atoms with E-state index in [-0.39, 0.29) is 6.61 Å². The van der Waals surface area contributed by atoms with Crippen LogP contribution in [0.3, 0.4) is 0 Å². The van der Waals surface area contributed by atoms with E-state index < -0.39 is 0 Å². The summed E-state index contributed by atoms with van der Waals surface area (Å²) < 4.78 is 9.32. The van der Waals surface area contributed by atoms with Gasteiger partial charge in [-0.25, -0.2) is 0 Å². The molecule has 0 atom stereocenters. The second-order valence-electron chi connectivity index (χ2n) is 4.60. The van der Waals surface area contributed by atoms with Crippen molar-refractivity contribution in [2.45, 2.75) is 13.5 Å². The Morgan fingerprint density at radius 3 is 2.81 bits per heavy atom. The summed E-state index contributed by atoms with van der Waals surface area (Å²) in [5.74, 6) is 2.18. The van der Waals surface area contributed by atoms with Crippen LogP contribution in [-0.2, 0) is 13.7 Å². The SMILES string of the molecule is Cc1cc(-n2cnnc2COc2ccccc2Cl)n(C)n1. The van der Waals surface area contributed by atoms with Gasteiger partial charge >= 0.3 is 0 Å². The number of hydrogen-bond donors (Lipinski definition) is 0. The largest absolute Gasteiger partial charge is 0.484 e. The van der Waals surface area contributed by atoms with Crippen LogP contribution in [0, 0.1) is 6.92 Å². The fourth-order valence-electron chi connectivity index (χ4n) is 2.08. The Kier molecular flexibility index (Phi) is 3.62. The number of aromatic nitrogens is 5. The Bertz CT molecular complexity index is 764.